The highest BCUT2D eigenvalue weighted by atomic mass is 32.1. The number of allylic oxidation sites excluding steroid dienone is 2. The first-order chi connectivity index (χ1) is 12.5. The maximum Gasteiger partial charge on any atom is 0.239 e. The monoisotopic (exact) mass is 406 g/mol. The van der Waals surface area contributed by atoms with Crippen LogP contribution in [0.3, 0.4) is 0 Å². The van der Waals surface area contributed by atoms with Crippen LogP contribution in [-0.4, -0.2) is 31.4 Å². The van der Waals surface area contributed by atoms with Crippen LogP contribution in [-0.2, 0) is 22.1 Å². The van der Waals surface area contributed by atoms with Crippen molar-refractivity contribution in [2.24, 2.45) is 5.92 Å². The standard InChI is InChI=1S/C20H28N2O2PS.CH3/c1-4-24-25(3,23)15-7-12-22-18-8-5-6-9-19(18)26-20(22)16-17-10-13-21(2)14-11-17;/h5-6,8-11,13-14,17H,4,7,12,15-16H2,1-3H3;1H3/q+1;-1. The van der Waals surface area contributed by atoms with Gasteiger partial charge in [-0.15, -0.1) is 0 Å². The molecule has 1 aliphatic heterocycles. The lowest BCUT2D eigenvalue weighted by Crippen LogP contribution is -2.37. The Labute approximate surface area is 167 Å². The molecule has 1 atom stereocenters. The average molecular weight is 407 g/mol. The molecule has 1 aromatic carbocycles. The Balaban J connectivity index is 0.00000261. The Morgan fingerprint density at radius 1 is 1.26 bits per heavy atom. The third-order valence-corrected chi connectivity index (χ3v) is 7.70. The molecular weight excluding hydrogens is 375 g/mol. The number of thiazole rings is 1. The molecule has 148 valence electrons. The molecule has 1 aromatic heterocycles. The van der Waals surface area contributed by atoms with E-state index in [-0.39, 0.29) is 7.43 Å². The van der Waals surface area contributed by atoms with Crippen molar-refractivity contribution < 1.29 is 13.7 Å². The lowest BCUT2D eigenvalue weighted by atomic mass is 10.0. The van der Waals surface area contributed by atoms with Gasteiger partial charge in [0.2, 0.25) is 10.5 Å². The van der Waals surface area contributed by atoms with Crippen molar-refractivity contribution in [1.82, 2.24) is 4.90 Å². The van der Waals surface area contributed by atoms with Gasteiger partial charge in [0.05, 0.1) is 13.0 Å². The number of para-hydroxylation sites is 1. The molecule has 0 bridgehead atoms. The molecule has 1 aliphatic rings. The van der Waals surface area contributed by atoms with E-state index in [9.17, 15) is 4.57 Å². The molecular formula is C21H31N2O2PS. The van der Waals surface area contributed by atoms with Crippen LogP contribution in [0.15, 0.2) is 48.8 Å². The second-order valence-electron chi connectivity index (χ2n) is 6.84. The van der Waals surface area contributed by atoms with Crippen LogP contribution in [0.5, 0.6) is 0 Å². The Bertz CT molecular complexity index is 845. The van der Waals surface area contributed by atoms with E-state index in [0.717, 1.165) is 19.4 Å². The molecule has 0 saturated carbocycles. The summed E-state index contributed by atoms with van der Waals surface area (Å²) in [5, 5.41) is 1.37. The molecule has 1 unspecified atom stereocenters. The van der Waals surface area contributed by atoms with E-state index >= 15 is 0 Å². The minimum absolute atomic E-state index is 0. The zero-order valence-corrected chi connectivity index (χ0v) is 18.5. The average Bonchev–Trinajstić information content (AvgIpc) is 2.94. The molecule has 0 fully saturated rings. The van der Waals surface area contributed by atoms with Gasteiger partial charge in [-0.05, 0) is 25.4 Å². The number of nitrogens with zero attached hydrogens (tertiary/aromatic N) is 2. The number of aryl methyl sites for hydroxylation is 1. The summed E-state index contributed by atoms with van der Waals surface area (Å²) in [7, 11) is -0.420. The van der Waals surface area contributed by atoms with E-state index in [1.54, 1.807) is 6.66 Å². The van der Waals surface area contributed by atoms with Gasteiger partial charge < -0.3 is 16.9 Å². The predicted octanol–water partition coefficient (Wildman–Crippen LogP) is 5.11. The van der Waals surface area contributed by atoms with Crippen molar-refractivity contribution in [3.63, 3.8) is 0 Å². The fourth-order valence-corrected chi connectivity index (χ4v) is 5.93. The lowest BCUT2D eigenvalue weighted by molar-refractivity contribution is -0.674. The van der Waals surface area contributed by atoms with Gasteiger partial charge in [0.25, 0.3) is 0 Å². The van der Waals surface area contributed by atoms with Crippen molar-refractivity contribution in [1.29, 1.82) is 0 Å². The fourth-order valence-electron chi connectivity index (χ4n) is 3.28. The van der Waals surface area contributed by atoms with Crippen LogP contribution in [0.4, 0.5) is 0 Å². The molecule has 27 heavy (non-hydrogen) atoms. The molecule has 0 aliphatic carbocycles. The molecule has 2 aromatic rings. The number of benzene rings is 1. The zero-order chi connectivity index (χ0) is 18.6. The van der Waals surface area contributed by atoms with Gasteiger partial charge in [0.1, 0.15) is 4.70 Å². The molecule has 0 radical (unpaired) electrons. The summed E-state index contributed by atoms with van der Waals surface area (Å²) in [4.78, 5) is 2.07. The van der Waals surface area contributed by atoms with Crippen molar-refractivity contribution >= 4 is 28.9 Å². The van der Waals surface area contributed by atoms with Crippen molar-refractivity contribution in [3.8, 4) is 0 Å². The maximum atomic E-state index is 12.4. The van der Waals surface area contributed by atoms with E-state index in [4.69, 9.17) is 4.52 Å². The predicted molar refractivity (Wildman–Crippen MR) is 116 cm³/mol. The first-order valence-corrected chi connectivity index (χ1v) is 12.3. The fraction of sp³-hybridized carbons (Fsp3) is 0.429. The van der Waals surface area contributed by atoms with Gasteiger partial charge in [0.15, 0.2) is 13.9 Å². The Morgan fingerprint density at radius 3 is 2.67 bits per heavy atom. The molecule has 0 spiro atoms. The maximum absolute atomic E-state index is 12.4. The largest absolute Gasteiger partial charge is 0.358 e. The van der Waals surface area contributed by atoms with E-state index in [1.807, 2.05) is 25.3 Å². The highest BCUT2D eigenvalue weighted by Gasteiger charge is 2.24. The molecule has 0 amide bonds. The topological polar surface area (TPSA) is 33.4 Å². The molecule has 0 N–H and O–H groups in total. The molecule has 2 heterocycles. The SMILES string of the molecule is CCOP(C)(=O)CCC[n+]1c(CC2C=CN(C)C=C2)sc2ccccc21.[CH3-]. The molecule has 6 heteroatoms. The van der Waals surface area contributed by atoms with E-state index < -0.39 is 7.37 Å². The van der Waals surface area contributed by atoms with E-state index in [1.165, 1.54) is 15.2 Å². The molecule has 0 saturated heterocycles. The van der Waals surface area contributed by atoms with Crippen LogP contribution in [0, 0.1) is 13.3 Å². The van der Waals surface area contributed by atoms with Gasteiger partial charge in [-0.3, -0.25) is 4.57 Å². The minimum Gasteiger partial charge on any atom is -0.358 e. The normalized spacial score (nSPS) is 16.5. The number of hydrogen-bond donors (Lipinski definition) is 0. The summed E-state index contributed by atoms with van der Waals surface area (Å²) in [6.45, 7) is 5.05. The summed E-state index contributed by atoms with van der Waals surface area (Å²) in [6.07, 6.45) is 11.2. The molecule has 4 nitrogen and oxygen atoms in total. The second-order valence-corrected chi connectivity index (χ2v) is 10.7. The van der Waals surface area contributed by atoms with E-state index in [2.05, 4.69) is 58.3 Å². The van der Waals surface area contributed by atoms with Crippen molar-refractivity contribution in [2.75, 3.05) is 26.5 Å². The summed E-state index contributed by atoms with van der Waals surface area (Å²) in [5.41, 5.74) is 1.27. The van der Waals surface area contributed by atoms with Crippen LogP contribution in [0.1, 0.15) is 18.4 Å². The van der Waals surface area contributed by atoms with Gasteiger partial charge in [-0.2, -0.15) is 4.57 Å². The van der Waals surface area contributed by atoms with Gasteiger partial charge in [0, 0.05) is 38.3 Å². The first-order valence-electron chi connectivity index (χ1n) is 9.18. The Hall–Kier alpha value is -1.42. The summed E-state index contributed by atoms with van der Waals surface area (Å²) in [5.74, 6) is 0.422. The van der Waals surface area contributed by atoms with Crippen LogP contribution in [0.2, 0.25) is 0 Å². The highest BCUT2D eigenvalue weighted by molar-refractivity contribution is 7.58. The Morgan fingerprint density at radius 2 is 1.96 bits per heavy atom. The summed E-state index contributed by atoms with van der Waals surface area (Å²) >= 11 is 1.87. The minimum atomic E-state index is -2.47. The second kappa shape index (κ2) is 9.68. The quantitative estimate of drug-likeness (QED) is 0.347. The van der Waals surface area contributed by atoms with Gasteiger partial charge >= 0.3 is 0 Å². The van der Waals surface area contributed by atoms with Crippen LogP contribution >= 0.6 is 18.7 Å². The smallest absolute Gasteiger partial charge is 0.239 e. The summed E-state index contributed by atoms with van der Waals surface area (Å²) in [6, 6.07) is 8.56. The highest BCUT2D eigenvalue weighted by Crippen LogP contribution is 2.42. The van der Waals surface area contributed by atoms with Crippen LogP contribution < -0.4 is 4.57 Å². The van der Waals surface area contributed by atoms with Crippen molar-refractivity contribution in [2.45, 2.75) is 26.3 Å². The third kappa shape index (κ3) is 5.78. The van der Waals surface area contributed by atoms with Gasteiger partial charge in [-0.1, -0.05) is 35.6 Å². The number of hydrogen-bond acceptors (Lipinski definition) is 4. The number of rotatable bonds is 8. The molecule has 3 rings (SSSR count). The van der Waals surface area contributed by atoms with E-state index in [0.29, 0.717) is 18.7 Å². The van der Waals surface area contributed by atoms with Crippen LogP contribution in [0.25, 0.3) is 10.2 Å². The Kier molecular flexibility index (Phi) is 7.84. The zero-order valence-electron chi connectivity index (χ0n) is 16.8. The lowest BCUT2D eigenvalue weighted by Gasteiger charge is -2.16. The van der Waals surface area contributed by atoms with Crippen molar-refractivity contribution in [3.05, 3.63) is 61.3 Å². The number of fused-ring (bicyclic) bond motifs is 1. The third-order valence-electron chi connectivity index (χ3n) is 4.58. The number of aromatic nitrogens is 1. The summed E-state index contributed by atoms with van der Waals surface area (Å²) < 4.78 is 21.5. The van der Waals surface area contributed by atoms with Gasteiger partial charge in [-0.25, -0.2) is 0 Å². The first kappa shape index (κ1) is 21.9.